The quantitative estimate of drug-likeness (QED) is 0.496. The van der Waals surface area contributed by atoms with Crippen LogP contribution in [-0.2, 0) is 6.54 Å². The van der Waals surface area contributed by atoms with Crippen LogP contribution in [0.3, 0.4) is 0 Å². The molecular formula is C29H31N3O. The van der Waals surface area contributed by atoms with Crippen molar-refractivity contribution in [2.45, 2.75) is 25.8 Å². The maximum absolute atomic E-state index is 5.29. The third-order valence-corrected chi connectivity index (χ3v) is 6.54. The van der Waals surface area contributed by atoms with Gasteiger partial charge >= 0.3 is 0 Å². The van der Waals surface area contributed by atoms with E-state index in [0.29, 0.717) is 6.54 Å². The summed E-state index contributed by atoms with van der Waals surface area (Å²) in [5.41, 5.74) is 8.44. The first-order chi connectivity index (χ1) is 16.3. The van der Waals surface area contributed by atoms with Gasteiger partial charge in [-0.2, -0.15) is 0 Å². The number of hydrogen-bond acceptors (Lipinski definition) is 4. The van der Waals surface area contributed by atoms with E-state index >= 15 is 0 Å². The summed E-state index contributed by atoms with van der Waals surface area (Å²) in [6.07, 6.45) is 8.12. The van der Waals surface area contributed by atoms with Crippen LogP contribution >= 0.6 is 0 Å². The largest absolute Gasteiger partial charge is 0.497 e. The lowest BCUT2D eigenvalue weighted by atomic mass is 9.93. The Morgan fingerprint density at radius 2 is 1.67 bits per heavy atom. The molecule has 0 aliphatic carbocycles. The van der Waals surface area contributed by atoms with Crippen LogP contribution in [0.4, 0.5) is 5.69 Å². The topological polar surface area (TPSA) is 36.9 Å². The van der Waals surface area contributed by atoms with Crippen LogP contribution in [0, 0.1) is 0 Å². The lowest BCUT2D eigenvalue weighted by molar-refractivity contribution is 0.221. The van der Waals surface area contributed by atoms with E-state index in [4.69, 9.17) is 4.74 Å². The second-order valence-electron chi connectivity index (χ2n) is 8.85. The Bertz CT molecular complexity index is 1140. The molecule has 0 saturated carbocycles. The Morgan fingerprint density at radius 3 is 2.42 bits per heavy atom. The number of hydrogen-bond donors (Lipinski definition) is 1. The van der Waals surface area contributed by atoms with Crippen LogP contribution in [0.2, 0.25) is 0 Å². The molecule has 0 bridgehead atoms. The van der Waals surface area contributed by atoms with E-state index in [2.05, 4.69) is 76.0 Å². The van der Waals surface area contributed by atoms with Gasteiger partial charge in [0.15, 0.2) is 0 Å². The first-order valence-electron chi connectivity index (χ1n) is 11.8. The molecule has 2 aliphatic heterocycles. The minimum absolute atomic E-state index is 0.680. The van der Waals surface area contributed by atoms with Gasteiger partial charge in [-0.05, 0) is 89.7 Å². The number of rotatable bonds is 6. The van der Waals surface area contributed by atoms with Gasteiger partial charge in [-0.15, -0.1) is 0 Å². The van der Waals surface area contributed by atoms with Gasteiger partial charge in [0.25, 0.3) is 0 Å². The number of piperidine rings is 1. The molecule has 1 fully saturated rings. The van der Waals surface area contributed by atoms with Crippen LogP contribution in [0.15, 0.2) is 77.9 Å². The fourth-order valence-corrected chi connectivity index (χ4v) is 4.61. The van der Waals surface area contributed by atoms with E-state index in [1.54, 1.807) is 7.11 Å². The lowest BCUT2D eigenvalue weighted by Gasteiger charge is -2.26. The smallest absolute Gasteiger partial charge is 0.118 e. The van der Waals surface area contributed by atoms with Crippen molar-refractivity contribution in [3.8, 4) is 16.9 Å². The number of likely N-dealkylation sites (tertiary alicyclic amines) is 1. The Kier molecular flexibility index (Phi) is 6.54. The zero-order chi connectivity index (χ0) is 22.5. The van der Waals surface area contributed by atoms with Gasteiger partial charge < -0.3 is 10.1 Å². The Balaban J connectivity index is 1.31. The SMILES string of the molecule is COc1ccc(-c2ccc3c(c2)/C(=C/Nc2ccc(CN4CCCCC4)cc2)CN=C3)cc1. The summed E-state index contributed by atoms with van der Waals surface area (Å²) in [7, 11) is 1.69. The van der Waals surface area contributed by atoms with Crippen molar-refractivity contribution in [1.29, 1.82) is 0 Å². The predicted octanol–water partition coefficient (Wildman–Crippen LogP) is 6.23. The lowest BCUT2D eigenvalue weighted by Crippen LogP contribution is -2.29. The molecule has 0 radical (unpaired) electrons. The molecule has 0 aromatic heterocycles. The molecule has 0 spiro atoms. The van der Waals surface area contributed by atoms with Crippen molar-refractivity contribution in [3.63, 3.8) is 0 Å². The highest BCUT2D eigenvalue weighted by Gasteiger charge is 2.13. The normalized spacial score (nSPS) is 17.1. The molecule has 0 atom stereocenters. The zero-order valence-corrected chi connectivity index (χ0v) is 19.3. The molecule has 1 saturated heterocycles. The molecular weight excluding hydrogens is 406 g/mol. The van der Waals surface area contributed by atoms with Gasteiger partial charge in [-0.25, -0.2) is 0 Å². The van der Waals surface area contributed by atoms with E-state index in [1.807, 2.05) is 18.3 Å². The summed E-state index contributed by atoms with van der Waals surface area (Å²) in [5, 5.41) is 3.49. The Hall–Kier alpha value is -3.37. The highest BCUT2D eigenvalue weighted by molar-refractivity contribution is 5.94. The maximum atomic E-state index is 5.29. The second kappa shape index (κ2) is 10.1. The van der Waals surface area contributed by atoms with Crippen molar-refractivity contribution in [2.75, 3.05) is 32.1 Å². The van der Waals surface area contributed by atoms with Gasteiger partial charge in [0.1, 0.15) is 5.75 Å². The summed E-state index contributed by atoms with van der Waals surface area (Å²) in [6, 6.07) is 23.6. The van der Waals surface area contributed by atoms with Crippen molar-refractivity contribution < 1.29 is 4.74 Å². The highest BCUT2D eigenvalue weighted by Crippen LogP contribution is 2.30. The molecule has 3 aromatic carbocycles. The minimum atomic E-state index is 0.680. The van der Waals surface area contributed by atoms with E-state index in [1.165, 1.54) is 60.2 Å². The van der Waals surface area contributed by atoms with Crippen LogP contribution in [0.25, 0.3) is 16.7 Å². The molecule has 4 nitrogen and oxygen atoms in total. The van der Waals surface area contributed by atoms with Crippen LogP contribution in [0.5, 0.6) is 5.75 Å². The summed E-state index contributed by atoms with van der Waals surface area (Å²) < 4.78 is 5.29. The van der Waals surface area contributed by atoms with Gasteiger partial charge in [-0.1, -0.05) is 42.8 Å². The molecule has 2 heterocycles. The molecule has 33 heavy (non-hydrogen) atoms. The van der Waals surface area contributed by atoms with Crippen molar-refractivity contribution in [1.82, 2.24) is 4.90 Å². The summed E-state index contributed by atoms with van der Waals surface area (Å²) >= 11 is 0. The number of methoxy groups -OCH3 is 1. The molecule has 0 amide bonds. The monoisotopic (exact) mass is 437 g/mol. The van der Waals surface area contributed by atoms with E-state index in [9.17, 15) is 0 Å². The fraction of sp³-hybridized carbons (Fsp3) is 0.276. The predicted molar refractivity (Wildman–Crippen MR) is 138 cm³/mol. The summed E-state index contributed by atoms with van der Waals surface area (Å²) in [6.45, 7) is 4.19. The number of fused-ring (bicyclic) bond motifs is 1. The fourth-order valence-electron chi connectivity index (χ4n) is 4.61. The van der Waals surface area contributed by atoms with E-state index < -0.39 is 0 Å². The van der Waals surface area contributed by atoms with Crippen LogP contribution < -0.4 is 10.1 Å². The van der Waals surface area contributed by atoms with Gasteiger partial charge in [-0.3, -0.25) is 9.89 Å². The van der Waals surface area contributed by atoms with E-state index in [-0.39, 0.29) is 0 Å². The second-order valence-corrected chi connectivity index (χ2v) is 8.85. The van der Waals surface area contributed by atoms with Crippen LogP contribution in [0.1, 0.15) is 36.0 Å². The molecule has 1 N–H and O–H groups in total. The number of ether oxygens (including phenoxy) is 1. The standard InChI is InChI=1S/C29H31N3O/c1-33-28-13-9-23(10-14-28)24-7-8-25-18-30-19-26(29(25)17-24)20-31-27-11-5-22(6-12-27)21-32-15-3-2-4-16-32/h5-14,17-18,20,31H,2-4,15-16,19,21H2,1H3/b26-20+. The summed E-state index contributed by atoms with van der Waals surface area (Å²) in [5.74, 6) is 0.871. The first kappa shape index (κ1) is 21.5. The van der Waals surface area contributed by atoms with Gasteiger partial charge in [0, 0.05) is 24.6 Å². The molecule has 2 aliphatic rings. The minimum Gasteiger partial charge on any atom is -0.497 e. The van der Waals surface area contributed by atoms with Crippen molar-refractivity contribution in [3.05, 3.63) is 89.6 Å². The number of aliphatic imine (C=N–C) groups is 1. The number of anilines is 1. The molecule has 4 heteroatoms. The van der Waals surface area contributed by atoms with Gasteiger partial charge in [0.05, 0.1) is 13.7 Å². The Morgan fingerprint density at radius 1 is 0.909 bits per heavy atom. The zero-order valence-electron chi connectivity index (χ0n) is 19.3. The van der Waals surface area contributed by atoms with Gasteiger partial charge in [0.2, 0.25) is 0 Å². The number of benzene rings is 3. The molecule has 3 aromatic rings. The maximum Gasteiger partial charge on any atom is 0.118 e. The number of nitrogens with zero attached hydrogens (tertiary/aromatic N) is 2. The van der Waals surface area contributed by atoms with Crippen LogP contribution in [-0.4, -0.2) is 37.9 Å². The molecule has 168 valence electrons. The first-order valence-corrected chi connectivity index (χ1v) is 11.8. The Labute approximate surface area is 196 Å². The highest BCUT2D eigenvalue weighted by atomic mass is 16.5. The number of nitrogens with one attached hydrogen (secondary N) is 1. The third-order valence-electron chi connectivity index (χ3n) is 6.54. The third kappa shape index (κ3) is 5.18. The average Bonchev–Trinajstić information content (AvgIpc) is 2.88. The van der Waals surface area contributed by atoms with Crippen molar-refractivity contribution in [2.24, 2.45) is 4.99 Å². The average molecular weight is 438 g/mol. The molecule has 0 unspecified atom stereocenters. The van der Waals surface area contributed by atoms with Crippen molar-refractivity contribution >= 4 is 17.5 Å². The molecule has 5 rings (SSSR count). The van der Waals surface area contributed by atoms with E-state index in [0.717, 1.165) is 23.5 Å². The summed E-state index contributed by atoms with van der Waals surface area (Å²) in [4.78, 5) is 7.12.